The van der Waals surface area contributed by atoms with Gasteiger partial charge in [-0.1, -0.05) is 15.9 Å². The van der Waals surface area contributed by atoms with E-state index >= 15 is 0 Å². The minimum absolute atomic E-state index is 0.000266. The van der Waals surface area contributed by atoms with E-state index in [4.69, 9.17) is 0 Å². The highest BCUT2D eigenvalue weighted by molar-refractivity contribution is 9.10. The van der Waals surface area contributed by atoms with Gasteiger partial charge < -0.3 is 9.88 Å². The Kier molecular flexibility index (Phi) is 5.10. The normalized spacial score (nSPS) is 12.6. The zero-order valence-electron chi connectivity index (χ0n) is 10.8. The first-order chi connectivity index (χ1) is 9.16. The van der Waals surface area contributed by atoms with E-state index in [0.717, 1.165) is 24.0 Å². The summed E-state index contributed by atoms with van der Waals surface area (Å²) in [5, 5.41) is 3.33. The van der Waals surface area contributed by atoms with Crippen molar-refractivity contribution in [3.05, 3.63) is 52.8 Å². The van der Waals surface area contributed by atoms with Crippen LogP contribution in [-0.4, -0.2) is 16.1 Å². The summed E-state index contributed by atoms with van der Waals surface area (Å²) in [7, 11) is 0. The van der Waals surface area contributed by atoms with Crippen LogP contribution in [0.4, 0.5) is 4.39 Å². The number of nitrogens with one attached hydrogen (secondary N) is 1. The lowest BCUT2D eigenvalue weighted by Gasteiger charge is -2.15. The van der Waals surface area contributed by atoms with E-state index in [0.29, 0.717) is 5.56 Å². The number of hydrogen-bond donors (Lipinski definition) is 1. The van der Waals surface area contributed by atoms with Crippen molar-refractivity contribution in [3.8, 4) is 0 Å². The second-order valence-electron chi connectivity index (χ2n) is 4.50. The summed E-state index contributed by atoms with van der Waals surface area (Å²) in [6, 6.07) is 5.02. The largest absolute Gasteiger partial charge is 0.337 e. The van der Waals surface area contributed by atoms with Crippen LogP contribution in [-0.2, 0) is 6.54 Å². The molecule has 1 unspecified atom stereocenters. The summed E-state index contributed by atoms with van der Waals surface area (Å²) in [5.41, 5.74) is 0.692. The fourth-order valence-electron chi connectivity index (χ4n) is 1.96. The van der Waals surface area contributed by atoms with Crippen molar-refractivity contribution >= 4 is 15.9 Å². The molecule has 102 valence electrons. The summed E-state index contributed by atoms with van der Waals surface area (Å²) < 4.78 is 16.6. The van der Waals surface area contributed by atoms with Crippen molar-refractivity contribution in [2.75, 3.05) is 6.54 Å². The number of aryl methyl sites for hydroxylation is 1. The van der Waals surface area contributed by atoms with Gasteiger partial charge >= 0.3 is 0 Å². The van der Waals surface area contributed by atoms with Crippen molar-refractivity contribution < 1.29 is 4.39 Å². The summed E-state index contributed by atoms with van der Waals surface area (Å²) in [4.78, 5) is 3.99. The Morgan fingerprint density at radius 3 is 3.05 bits per heavy atom. The highest BCUT2D eigenvalue weighted by Crippen LogP contribution is 2.21. The second-order valence-corrected chi connectivity index (χ2v) is 5.41. The van der Waals surface area contributed by atoms with E-state index in [9.17, 15) is 4.39 Å². The van der Waals surface area contributed by atoms with Crippen LogP contribution in [0.5, 0.6) is 0 Å². The molecule has 1 heterocycles. The van der Waals surface area contributed by atoms with E-state index in [-0.39, 0.29) is 11.9 Å². The van der Waals surface area contributed by atoms with E-state index in [2.05, 4.69) is 26.2 Å². The van der Waals surface area contributed by atoms with Gasteiger partial charge in [0.1, 0.15) is 5.82 Å². The first-order valence-electron chi connectivity index (χ1n) is 6.31. The van der Waals surface area contributed by atoms with E-state index in [1.807, 2.05) is 23.8 Å². The maximum Gasteiger partial charge on any atom is 0.128 e. The van der Waals surface area contributed by atoms with Gasteiger partial charge in [0.15, 0.2) is 0 Å². The molecule has 0 bridgehead atoms. The Hall–Kier alpha value is -1.20. The zero-order chi connectivity index (χ0) is 13.7. The zero-order valence-corrected chi connectivity index (χ0v) is 12.4. The van der Waals surface area contributed by atoms with Crippen molar-refractivity contribution in [2.24, 2.45) is 0 Å². The van der Waals surface area contributed by atoms with Gasteiger partial charge in [-0.3, -0.25) is 0 Å². The number of nitrogens with zero attached hydrogens (tertiary/aromatic N) is 2. The highest BCUT2D eigenvalue weighted by Gasteiger charge is 2.10. The van der Waals surface area contributed by atoms with Crippen LogP contribution in [0.2, 0.25) is 0 Å². The molecular formula is C14H17BrFN3. The molecule has 0 aliphatic carbocycles. The van der Waals surface area contributed by atoms with Crippen molar-refractivity contribution in [2.45, 2.75) is 25.9 Å². The minimum atomic E-state index is -0.169. The molecule has 3 nitrogen and oxygen atoms in total. The standard InChI is InChI=1S/C14H17BrFN3/c1-11(13-9-12(15)3-4-14(13)16)18-5-2-7-19-8-6-17-10-19/h3-4,6,8-11,18H,2,5,7H2,1H3. The van der Waals surface area contributed by atoms with Gasteiger partial charge in [0.05, 0.1) is 6.33 Å². The predicted octanol–water partition coefficient (Wildman–Crippen LogP) is 3.53. The molecule has 0 aliphatic heterocycles. The monoisotopic (exact) mass is 325 g/mol. The molecule has 19 heavy (non-hydrogen) atoms. The van der Waals surface area contributed by atoms with Gasteiger partial charge in [0.2, 0.25) is 0 Å². The van der Waals surface area contributed by atoms with Crippen molar-refractivity contribution in [3.63, 3.8) is 0 Å². The molecule has 1 aromatic carbocycles. The van der Waals surface area contributed by atoms with Crippen molar-refractivity contribution in [1.29, 1.82) is 0 Å². The quantitative estimate of drug-likeness (QED) is 0.823. The second kappa shape index (κ2) is 6.82. The number of halogens is 2. The molecule has 0 saturated heterocycles. The SMILES string of the molecule is CC(NCCCn1ccnc1)c1cc(Br)ccc1F. The van der Waals surface area contributed by atoms with Crippen molar-refractivity contribution in [1.82, 2.24) is 14.9 Å². The average Bonchev–Trinajstić information content (AvgIpc) is 2.90. The molecule has 1 N–H and O–H groups in total. The molecule has 0 fully saturated rings. The molecule has 2 rings (SSSR count). The van der Waals surface area contributed by atoms with Crippen LogP contribution in [0.15, 0.2) is 41.4 Å². The van der Waals surface area contributed by atoms with Gasteiger partial charge in [-0.25, -0.2) is 9.37 Å². The van der Waals surface area contributed by atoms with Gasteiger partial charge in [-0.2, -0.15) is 0 Å². The van der Waals surface area contributed by atoms with Crippen LogP contribution >= 0.6 is 15.9 Å². The third-order valence-electron chi connectivity index (χ3n) is 3.03. The highest BCUT2D eigenvalue weighted by atomic mass is 79.9. The number of rotatable bonds is 6. The topological polar surface area (TPSA) is 29.9 Å². The third kappa shape index (κ3) is 4.14. The summed E-state index contributed by atoms with van der Waals surface area (Å²) in [6.07, 6.45) is 6.50. The van der Waals surface area contributed by atoms with E-state index in [1.165, 1.54) is 6.07 Å². The van der Waals surface area contributed by atoms with Gasteiger partial charge in [-0.05, 0) is 38.1 Å². The number of benzene rings is 1. The molecular weight excluding hydrogens is 309 g/mol. The summed E-state index contributed by atoms with van der Waals surface area (Å²) >= 11 is 3.37. The van der Waals surface area contributed by atoms with Crippen LogP contribution in [0, 0.1) is 5.82 Å². The van der Waals surface area contributed by atoms with E-state index < -0.39 is 0 Å². The minimum Gasteiger partial charge on any atom is -0.337 e. The molecule has 2 aromatic rings. The Morgan fingerprint density at radius 2 is 2.32 bits per heavy atom. The van der Waals surface area contributed by atoms with Gasteiger partial charge in [-0.15, -0.1) is 0 Å². The lowest BCUT2D eigenvalue weighted by molar-refractivity contribution is 0.503. The fraction of sp³-hybridized carbons (Fsp3) is 0.357. The summed E-state index contributed by atoms with van der Waals surface area (Å²) in [5.74, 6) is -0.169. The summed E-state index contributed by atoms with van der Waals surface area (Å²) in [6.45, 7) is 3.73. The van der Waals surface area contributed by atoms with E-state index in [1.54, 1.807) is 18.6 Å². The molecule has 1 aromatic heterocycles. The molecule has 1 atom stereocenters. The Balaban J connectivity index is 1.80. The van der Waals surface area contributed by atoms with Crippen LogP contribution in [0.3, 0.4) is 0 Å². The van der Waals surface area contributed by atoms with Crippen LogP contribution < -0.4 is 5.32 Å². The fourth-order valence-corrected chi connectivity index (χ4v) is 2.33. The molecule has 0 aliphatic rings. The maximum absolute atomic E-state index is 13.7. The van der Waals surface area contributed by atoms with Crippen LogP contribution in [0.25, 0.3) is 0 Å². The molecule has 0 spiro atoms. The van der Waals surface area contributed by atoms with Crippen LogP contribution in [0.1, 0.15) is 24.9 Å². The Morgan fingerprint density at radius 1 is 1.47 bits per heavy atom. The molecule has 0 radical (unpaired) electrons. The average molecular weight is 326 g/mol. The number of imidazole rings is 1. The smallest absolute Gasteiger partial charge is 0.128 e. The molecule has 0 amide bonds. The van der Waals surface area contributed by atoms with Gasteiger partial charge in [0, 0.05) is 35.0 Å². The molecule has 0 saturated carbocycles. The lowest BCUT2D eigenvalue weighted by Crippen LogP contribution is -2.21. The van der Waals surface area contributed by atoms with Gasteiger partial charge in [0.25, 0.3) is 0 Å². The Bertz CT molecular complexity index is 513. The number of aromatic nitrogens is 2. The first kappa shape index (κ1) is 14.2. The predicted molar refractivity (Wildman–Crippen MR) is 77.4 cm³/mol. The first-order valence-corrected chi connectivity index (χ1v) is 7.10. The maximum atomic E-state index is 13.7. The lowest BCUT2D eigenvalue weighted by atomic mass is 10.1. The molecule has 5 heteroatoms. The Labute approximate surface area is 121 Å². The number of hydrogen-bond acceptors (Lipinski definition) is 2. The third-order valence-corrected chi connectivity index (χ3v) is 3.52.